The summed E-state index contributed by atoms with van der Waals surface area (Å²) >= 11 is 0. The van der Waals surface area contributed by atoms with Crippen LogP contribution in [0, 0.1) is 0 Å². The van der Waals surface area contributed by atoms with Crippen LogP contribution in [0.2, 0.25) is 0 Å². The molecule has 1 aliphatic rings. The summed E-state index contributed by atoms with van der Waals surface area (Å²) in [7, 11) is 2.16. The molecule has 0 heterocycles. The van der Waals surface area contributed by atoms with Crippen molar-refractivity contribution in [3.05, 3.63) is 95.6 Å². The number of hydrogen-bond donors (Lipinski definition) is 2. The molecule has 3 aromatic carbocycles. The molecule has 0 spiro atoms. The Balaban J connectivity index is 1.49. The number of ether oxygens (including phenoxy) is 1. The quantitative estimate of drug-likeness (QED) is 0.627. The lowest BCUT2D eigenvalue weighted by atomic mass is 9.98. The number of rotatable bonds is 5. The van der Waals surface area contributed by atoms with Crippen molar-refractivity contribution in [1.29, 1.82) is 0 Å². The number of hydrogen-bond acceptors (Lipinski definition) is 3. The first-order valence-electron chi connectivity index (χ1n) is 9.36. The van der Waals surface area contributed by atoms with Gasteiger partial charge < -0.3 is 15.1 Å². The minimum Gasteiger partial charge on any atom is -0.449 e. The summed E-state index contributed by atoms with van der Waals surface area (Å²) in [4.78, 5) is 24.7. The predicted molar refractivity (Wildman–Crippen MR) is 115 cm³/mol. The molecule has 2 N–H and O–H groups in total. The first-order chi connectivity index (χ1) is 14.2. The molecule has 146 valence electrons. The molecule has 0 aliphatic heterocycles. The highest BCUT2D eigenvalue weighted by Gasteiger charge is 2.29. The van der Waals surface area contributed by atoms with Gasteiger partial charge in [-0.1, -0.05) is 78.9 Å². The van der Waals surface area contributed by atoms with Crippen molar-refractivity contribution in [2.24, 2.45) is 0 Å². The zero-order chi connectivity index (χ0) is 20.2. The molecular formula is C23H21N2O3P. The molecule has 5 nitrogen and oxygen atoms in total. The van der Waals surface area contributed by atoms with Crippen LogP contribution in [0.25, 0.3) is 11.1 Å². The van der Waals surface area contributed by atoms with Gasteiger partial charge in [0, 0.05) is 5.92 Å². The highest BCUT2D eigenvalue weighted by atomic mass is 31.0. The van der Waals surface area contributed by atoms with Crippen LogP contribution in [0.15, 0.2) is 78.9 Å². The molecule has 1 aliphatic carbocycles. The molecule has 1 unspecified atom stereocenters. The summed E-state index contributed by atoms with van der Waals surface area (Å²) in [5.74, 6) is -0.367. The van der Waals surface area contributed by atoms with Crippen LogP contribution < -0.4 is 10.4 Å². The van der Waals surface area contributed by atoms with E-state index in [1.165, 1.54) is 11.1 Å². The molecule has 0 fully saturated rings. The van der Waals surface area contributed by atoms with E-state index in [1.807, 2.05) is 42.5 Å². The number of fused-ring (bicyclic) bond motifs is 3. The van der Waals surface area contributed by atoms with Crippen molar-refractivity contribution >= 4 is 21.4 Å². The van der Waals surface area contributed by atoms with Crippen LogP contribution in [-0.4, -0.2) is 18.6 Å². The lowest BCUT2D eigenvalue weighted by Crippen LogP contribution is -2.38. The standard InChI is InChI=1S/C23H21N2O3P/c26-22(25-29)21(15-8-2-1-3-9-15)24-23(27)28-14-20-18-12-6-4-10-16(18)17-11-5-7-13-19(17)20/h1-13,20-21H,14,29H2,(H,24,27)(H,25,26)/t21-/m1/s1. The third-order valence-electron chi connectivity index (χ3n) is 5.14. The van der Waals surface area contributed by atoms with E-state index in [9.17, 15) is 9.59 Å². The fourth-order valence-corrected chi connectivity index (χ4v) is 3.95. The van der Waals surface area contributed by atoms with Crippen LogP contribution in [0.3, 0.4) is 0 Å². The fraction of sp³-hybridized carbons (Fsp3) is 0.130. The second-order valence-electron chi connectivity index (χ2n) is 6.82. The van der Waals surface area contributed by atoms with E-state index in [0.29, 0.717) is 5.56 Å². The maximum Gasteiger partial charge on any atom is 0.408 e. The smallest absolute Gasteiger partial charge is 0.408 e. The van der Waals surface area contributed by atoms with Gasteiger partial charge in [-0.15, -0.1) is 0 Å². The van der Waals surface area contributed by atoms with Gasteiger partial charge in [-0.3, -0.25) is 4.79 Å². The summed E-state index contributed by atoms with van der Waals surface area (Å²) in [5.41, 5.74) is 5.30. The van der Waals surface area contributed by atoms with E-state index in [1.54, 1.807) is 12.1 Å². The molecule has 6 heteroatoms. The third-order valence-corrected chi connectivity index (χ3v) is 5.43. The van der Waals surface area contributed by atoms with E-state index < -0.39 is 12.1 Å². The molecule has 0 saturated heterocycles. The normalized spacial score (nSPS) is 13.1. The number of nitrogens with one attached hydrogen (secondary N) is 2. The van der Waals surface area contributed by atoms with E-state index >= 15 is 0 Å². The van der Waals surface area contributed by atoms with E-state index in [2.05, 4.69) is 44.1 Å². The maximum atomic E-state index is 12.5. The van der Waals surface area contributed by atoms with Gasteiger partial charge in [-0.2, -0.15) is 0 Å². The molecule has 0 aromatic heterocycles. The Hall–Kier alpha value is -3.17. The van der Waals surface area contributed by atoms with Crippen molar-refractivity contribution in [3.8, 4) is 11.1 Å². The van der Waals surface area contributed by atoms with Gasteiger partial charge in [0.25, 0.3) is 0 Å². The largest absolute Gasteiger partial charge is 0.449 e. The average molecular weight is 404 g/mol. The van der Waals surface area contributed by atoms with Crippen molar-refractivity contribution in [2.45, 2.75) is 12.0 Å². The lowest BCUT2D eigenvalue weighted by Gasteiger charge is -2.19. The summed E-state index contributed by atoms with van der Waals surface area (Å²) in [6, 6.07) is 24.5. The topological polar surface area (TPSA) is 67.4 Å². The summed E-state index contributed by atoms with van der Waals surface area (Å²) in [5, 5.41) is 5.17. The molecule has 4 rings (SSSR count). The third kappa shape index (κ3) is 3.87. The average Bonchev–Trinajstić information content (AvgIpc) is 3.10. The number of alkyl carbamates (subject to hydrolysis) is 1. The van der Waals surface area contributed by atoms with Crippen LogP contribution in [0.5, 0.6) is 0 Å². The molecule has 0 saturated carbocycles. The lowest BCUT2D eigenvalue weighted by molar-refractivity contribution is -0.121. The summed E-state index contributed by atoms with van der Waals surface area (Å²) in [6.07, 6.45) is -0.630. The van der Waals surface area contributed by atoms with Crippen molar-refractivity contribution in [2.75, 3.05) is 6.61 Å². The Bertz CT molecular complexity index is 994. The van der Waals surface area contributed by atoms with Crippen molar-refractivity contribution < 1.29 is 14.3 Å². The Morgan fingerprint density at radius 2 is 1.41 bits per heavy atom. The van der Waals surface area contributed by atoms with Gasteiger partial charge in [0.15, 0.2) is 0 Å². The van der Waals surface area contributed by atoms with Crippen LogP contribution in [0.1, 0.15) is 28.7 Å². The van der Waals surface area contributed by atoms with Crippen molar-refractivity contribution in [1.82, 2.24) is 10.4 Å². The molecular weight excluding hydrogens is 383 g/mol. The molecule has 29 heavy (non-hydrogen) atoms. The molecule has 2 atom stereocenters. The monoisotopic (exact) mass is 404 g/mol. The molecule has 3 aromatic rings. The number of amides is 2. The molecule has 2 amide bonds. The van der Waals surface area contributed by atoms with Gasteiger partial charge in [0.1, 0.15) is 12.6 Å². The number of carbonyl (C=O) groups excluding carboxylic acids is 2. The predicted octanol–water partition coefficient (Wildman–Crippen LogP) is 4.17. The fourth-order valence-electron chi connectivity index (χ4n) is 3.79. The minimum absolute atomic E-state index is 0.0288. The zero-order valence-electron chi connectivity index (χ0n) is 15.7. The zero-order valence-corrected chi connectivity index (χ0v) is 16.8. The van der Waals surface area contributed by atoms with Crippen LogP contribution in [-0.2, 0) is 9.53 Å². The summed E-state index contributed by atoms with van der Waals surface area (Å²) < 4.78 is 5.55. The van der Waals surface area contributed by atoms with Crippen LogP contribution in [0.4, 0.5) is 4.79 Å². The Morgan fingerprint density at radius 1 is 0.862 bits per heavy atom. The second kappa shape index (κ2) is 8.46. The first kappa shape index (κ1) is 19.2. The van der Waals surface area contributed by atoms with E-state index in [0.717, 1.165) is 11.1 Å². The number of benzene rings is 3. The van der Waals surface area contributed by atoms with Gasteiger partial charge in [0.2, 0.25) is 5.91 Å². The van der Waals surface area contributed by atoms with Gasteiger partial charge >= 0.3 is 6.09 Å². The van der Waals surface area contributed by atoms with Gasteiger partial charge in [0.05, 0.1) is 0 Å². The Morgan fingerprint density at radius 3 is 2.00 bits per heavy atom. The summed E-state index contributed by atoms with van der Waals surface area (Å²) in [6.45, 7) is 0.198. The number of carbonyl (C=O) groups is 2. The minimum atomic E-state index is -0.829. The maximum absolute atomic E-state index is 12.5. The van der Waals surface area contributed by atoms with Crippen molar-refractivity contribution in [3.63, 3.8) is 0 Å². The SMILES string of the molecule is O=C(N[C@@H](C(=O)NP)c1ccccc1)OCC1c2ccccc2-c2ccccc21. The Kier molecular flexibility index (Phi) is 5.59. The van der Waals surface area contributed by atoms with Gasteiger partial charge in [-0.25, -0.2) is 4.79 Å². The van der Waals surface area contributed by atoms with E-state index in [-0.39, 0.29) is 18.4 Å². The second-order valence-corrected chi connectivity index (χ2v) is 7.11. The molecule has 0 bridgehead atoms. The Labute approximate surface area is 171 Å². The highest BCUT2D eigenvalue weighted by Crippen LogP contribution is 2.44. The van der Waals surface area contributed by atoms with E-state index in [4.69, 9.17) is 4.74 Å². The van der Waals surface area contributed by atoms with Gasteiger partial charge in [-0.05, 0) is 37.2 Å². The van der Waals surface area contributed by atoms with Crippen LogP contribution >= 0.6 is 9.39 Å². The first-order valence-corrected chi connectivity index (χ1v) is 9.93. The highest BCUT2D eigenvalue weighted by molar-refractivity contribution is 7.15. The molecule has 0 radical (unpaired) electrons.